The maximum atomic E-state index is 13.1. The number of aromatic nitrogens is 1. The van der Waals surface area contributed by atoms with Crippen molar-refractivity contribution >= 4 is 51.2 Å². The molecule has 3 N–H and O–H groups in total. The minimum absolute atomic E-state index is 0.130. The van der Waals surface area contributed by atoms with Gasteiger partial charge in [-0.3, -0.25) is 4.79 Å². The second-order valence-corrected chi connectivity index (χ2v) is 8.56. The van der Waals surface area contributed by atoms with Gasteiger partial charge in [0.1, 0.15) is 12.6 Å². The number of H-pyrrole nitrogens is 1. The molecule has 32 heavy (non-hydrogen) atoms. The van der Waals surface area contributed by atoms with E-state index in [4.69, 9.17) is 4.74 Å². The third-order valence-corrected chi connectivity index (χ3v) is 5.75. The number of ether oxygens (including phenoxy) is 1. The van der Waals surface area contributed by atoms with Gasteiger partial charge in [-0.1, -0.05) is 48.5 Å². The smallest absolute Gasteiger partial charge is 0.408 e. The van der Waals surface area contributed by atoms with Gasteiger partial charge in [-0.2, -0.15) is 0 Å². The molecule has 0 saturated carbocycles. The van der Waals surface area contributed by atoms with Gasteiger partial charge < -0.3 is 20.4 Å². The van der Waals surface area contributed by atoms with Crippen LogP contribution in [0, 0.1) is 3.57 Å². The molecule has 0 aliphatic rings. The van der Waals surface area contributed by atoms with Crippen LogP contribution in [0.5, 0.6) is 0 Å². The van der Waals surface area contributed by atoms with Crippen LogP contribution < -0.4 is 10.6 Å². The maximum Gasteiger partial charge on any atom is 0.408 e. The number of nitrogens with one attached hydrogen (secondary N) is 3. The molecule has 3 aromatic carbocycles. The number of hydrogen-bond acceptors (Lipinski definition) is 3. The van der Waals surface area contributed by atoms with E-state index < -0.39 is 12.1 Å². The van der Waals surface area contributed by atoms with Crippen molar-refractivity contribution in [1.29, 1.82) is 0 Å². The summed E-state index contributed by atoms with van der Waals surface area (Å²) >= 11 is 2.21. The Labute approximate surface area is 199 Å². The first-order valence-electron chi connectivity index (χ1n) is 10.2. The quantitative estimate of drug-likeness (QED) is 0.281. The Bertz CT molecular complexity index is 1210. The molecular formula is C25H22IN3O3. The van der Waals surface area contributed by atoms with Crippen molar-refractivity contribution < 1.29 is 14.3 Å². The summed E-state index contributed by atoms with van der Waals surface area (Å²) in [6.07, 6.45) is 1.55. The Hall–Kier alpha value is -3.33. The van der Waals surface area contributed by atoms with Crippen molar-refractivity contribution in [2.45, 2.75) is 19.1 Å². The summed E-state index contributed by atoms with van der Waals surface area (Å²) < 4.78 is 6.41. The van der Waals surface area contributed by atoms with Gasteiger partial charge in [0.05, 0.1) is 0 Å². The lowest BCUT2D eigenvalue weighted by atomic mass is 10.0. The number of carbonyl (C=O) groups excluding carboxylic acids is 2. The molecule has 7 heteroatoms. The van der Waals surface area contributed by atoms with E-state index in [0.717, 1.165) is 25.6 Å². The summed E-state index contributed by atoms with van der Waals surface area (Å²) in [5.41, 5.74) is 3.45. The predicted molar refractivity (Wildman–Crippen MR) is 133 cm³/mol. The molecule has 1 atom stereocenters. The number of fused-ring (bicyclic) bond motifs is 1. The monoisotopic (exact) mass is 539 g/mol. The van der Waals surface area contributed by atoms with Gasteiger partial charge in [-0.05, 0) is 64.0 Å². The van der Waals surface area contributed by atoms with Gasteiger partial charge >= 0.3 is 6.09 Å². The lowest BCUT2D eigenvalue weighted by molar-refractivity contribution is -0.118. The Balaban J connectivity index is 1.49. The number of alkyl carbamates (subject to hydrolysis) is 1. The summed E-state index contributed by atoms with van der Waals surface area (Å²) in [5, 5.41) is 6.63. The number of aromatic amines is 1. The third kappa shape index (κ3) is 5.67. The van der Waals surface area contributed by atoms with Crippen molar-refractivity contribution in [2.24, 2.45) is 0 Å². The zero-order valence-electron chi connectivity index (χ0n) is 17.2. The van der Waals surface area contributed by atoms with Crippen LogP contribution in [0.4, 0.5) is 10.5 Å². The number of anilines is 1. The van der Waals surface area contributed by atoms with Crippen LogP contribution in [0.25, 0.3) is 10.9 Å². The molecule has 0 aliphatic carbocycles. The van der Waals surface area contributed by atoms with E-state index in [9.17, 15) is 9.59 Å². The maximum absolute atomic E-state index is 13.1. The van der Waals surface area contributed by atoms with Crippen LogP contribution in [0.3, 0.4) is 0 Å². The summed E-state index contributed by atoms with van der Waals surface area (Å²) in [6.45, 7) is 0.130. The number of rotatable bonds is 7. The van der Waals surface area contributed by atoms with E-state index in [1.54, 1.807) is 0 Å². The summed E-state index contributed by atoms with van der Waals surface area (Å²) in [5.74, 6) is -0.312. The molecule has 0 saturated heterocycles. The van der Waals surface area contributed by atoms with Crippen molar-refractivity contribution in [3.05, 3.63) is 99.8 Å². The molecule has 1 aromatic heterocycles. The minimum Gasteiger partial charge on any atom is -0.445 e. The average Bonchev–Trinajstić information content (AvgIpc) is 3.22. The zero-order valence-corrected chi connectivity index (χ0v) is 19.3. The summed E-state index contributed by atoms with van der Waals surface area (Å²) in [4.78, 5) is 28.8. The molecular weight excluding hydrogens is 517 g/mol. The van der Waals surface area contributed by atoms with E-state index in [-0.39, 0.29) is 12.5 Å². The molecule has 0 fully saturated rings. The molecule has 6 nitrogen and oxygen atoms in total. The van der Waals surface area contributed by atoms with Crippen LogP contribution in [0.15, 0.2) is 85.1 Å². The number of carbonyl (C=O) groups is 2. The lowest BCUT2D eigenvalue weighted by Gasteiger charge is -2.18. The number of benzene rings is 3. The average molecular weight is 539 g/mol. The van der Waals surface area contributed by atoms with Crippen molar-refractivity contribution in [2.75, 3.05) is 5.32 Å². The van der Waals surface area contributed by atoms with E-state index in [0.29, 0.717) is 12.1 Å². The van der Waals surface area contributed by atoms with Crippen LogP contribution >= 0.6 is 22.6 Å². The van der Waals surface area contributed by atoms with E-state index >= 15 is 0 Å². The van der Waals surface area contributed by atoms with Gasteiger partial charge in [-0.25, -0.2) is 4.79 Å². The zero-order chi connectivity index (χ0) is 22.3. The fourth-order valence-electron chi connectivity index (χ4n) is 3.40. The van der Waals surface area contributed by atoms with Crippen LogP contribution in [0.1, 0.15) is 11.1 Å². The Morgan fingerprint density at radius 1 is 0.938 bits per heavy atom. The van der Waals surface area contributed by atoms with Gasteiger partial charge in [0.15, 0.2) is 0 Å². The molecule has 4 aromatic rings. The van der Waals surface area contributed by atoms with Crippen LogP contribution in [0.2, 0.25) is 0 Å². The van der Waals surface area contributed by atoms with E-state index in [1.165, 1.54) is 0 Å². The first kappa shape index (κ1) is 21.9. The van der Waals surface area contributed by atoms with Gasteiger partial charge in [-0.15, -0.1) is 0 Å². The molecule has 2 amide bonds. The summed E-state index contributed by atoms with van der Waals surface area (Å²) in [7, 11) is 0. The highest BCUT2D eigenvalue weighted by molar-refractivity contribution is 14.1. The molecule has 0 radical (unpaired) electrons. The molecule has 0 unspecified atom stereocenters. The van der Waals surface area contributed by atoms with Gasteiger partial charge in [0.25, 0.3) is 0 Å². The highest BCUT2D eigenvalue weighted by atomic mass is 127. The van der Waals surface area contributed by atoms with Crippen molar-refractivity contribution in [3.63, 3.8) is 0 Å². The first-order chi connectivity index (χ1) is 15.6. The number of hydrogen-bond donors (Lipinski definition) is 3. The standard InChI is InChI=1S/C25H22IN3O3/c26-19-10-12-20(13-11-19)28-24(30)23(14-18-15-27-22-9-5-4-8-21(18)22)29-25(31)32-16-17-6-2-1-3-7-17/h1-13,15,23,27H,14,16H2,(H,28,30)(H,29,31)/t23-/m0/s1. The largest absolute Gasteiger partial charge is 0.445 e. The minimum atomic E-state index is -0.809. The number of halogens is 1. The van der Waals surface area contributed by atoms with Gasteiger partial charge in [0, 0.05) is 32.8 Å². The number of amides is 2. The fourth-order valence-corrected chi connectivity index (χ4v) is 3.76. The van der Waals surface area contributed by atoms with Gasteiger partial charge in [0.2, 0.25) is 5.91 Å². The first-order valence-corrected chi connectivity index (χ1v) is 11.2. The second kappa shape index (κ2) is 10.3. The highest BCUT2D eigenvalue weighted by Crippen LogP contribution is 2.20. The third-order valence-electron chi connectivity index (χ3n) is 5.03. The fraction of sp³-hybridized carbons (Fsp3) is 0.120. The predicted octanol–water partition coefficient (Wildman–Crippen LogP) is 5.25. The Morgan fingerprint density at radius 2 is 1.66 bits per heavy atom. The molecule has 0 bridgehead atoms. The van der Waals surface area contributed by atoms with Crippen LogP contribution in [-0.4, -0.2) is 23.0 Å². The van der Waals surface area contributed by atoms with Crippen LogP contribution in [-0.2, 0) is 22.6 Å². The Morgan fingerprint density at radius 3 is 2.44 bits per heavy atom. The SMILES string of the molecule is O=C(N[C@@H](Cc1c[nH]c2ccccc12)C(=O)Nc1ccc(I)cc1)OCc1ccccc1. The van der Waals surface area contributed by atoms with E-state index in [2.05, 4.69) is 38.2 Å². The van der Waals surface area contributed by atoms with E-state index in [1.807, 2.05) is 85.1 Å². The topological polar surface area (TPSA) is 83.2 Å². The Kier molecular flexibility index (Phi) is 7.06. The molecule has 4 rings (SSSR count). The number of para-hydroxylation sites is 1. The summed E-state index contributed by atoms with van der Waals surface area (Å²) in [6, 6.07) is 23.9. The lowest BCUT2D eigenvalue weighted by Crippen LogP contribution is -2.45. The molecule has 162 valence electrons. The second-order valence-electron chi connectivity index (χ2n) is 7.32. The molecule has 0 aliphatic heterocycles. The molecule has 0 spiro atoms. The normalized spacial score (nSPS) is 11.7. The van der Waals surface area contributed by atoms with Crippen molar-refractivity contribution in [1.82, 2.24) is 10.3 Å². The molecule has 1 heterocycles. The van der Waals surface area contributed by atoms with Crippen molar-refractivity contribution in [3.8, 4) is 0 Å². The highest BCUT2D eigenvalue weighted by Gasteiger charge is 2.23.